The van der Waals surface area contributed by atoms with Crippen molar-refractivity contribution < 1.29 is 33.8 Å². The molecule has 0 saturated heterocycles. The van der Waals surface area contributed by atoms with Crippen molar-refractivity contribution in [2.75, 3.05) is 25.6 Å². The van der Waals surface area contributed by atoms with Crippen LogP contribution in [0.4, 0.5) is 5.69 Å². The summed E-state index contributed by atoms with van der Waals surface area (Å²) in [6, 6.07) is 5.05. The molecule has 0 bridgehead atoms. The fraction of sp³-hybridized carbons (Fsp3) is 0.524. The number of hydrogen-bond acceptors (Lipinski definition) is 7. The molecule has 0 aliphatic carbocycles. The third-order valence-electron chi connectivity index (χ3n) is 4.01. The molecule has 0 spiro atoms. The Balaban J connectivity index is 2.73. The summed E-state index contributed by atoms with van der Waals surface area (Å²) in [6.45, 7) is 6.49. The first-order valence-electron chi connectivity index (χ1n) is 9.75. The molecule has 10 heteroatoms. The Morgan fingerprint density at radius 1 is 1.06 bits per heavy atom. The van der Waals surface area contributed by atoms with Gasteiger partial charge in [0.1, 0.15) is 6.04 Å². The molecule has 0 radical (unpaired) electrons. The molecule has 0 fully saturated rings. The number of aliphatic hydroxyl groups is 1. The Morgan fingerprint density at radius 3 is 2.16 bits per heavy atom. The summed E-state index contributed by atoms with van der Waals surface area (Å²) in [5.41, 5.74) is 0.685. The molecule has 1 rings (SSSR count). The molecule has 1 aromatic carbocycles. The summed E-state index contributed by atoms with van der Waals surface area (Å²) in [5.74, 6) is -2.74. The molecule has 0 aliphatic rings. The van der Waals surface area contributed by atoms with Crippen molar-refractivity contribution in [3.63, 3.8) is 0 Å². The molecule has 31 heavy (non-hydrogen) atoms. The standard InChI is InChI=1S/C21H31N3O7/c1-13(26)22-17(12-31-21(2,3)4)18(27)24-16(11-25)10-14-6-8-15(9-7-14)23-19(28)20(29)30-5/h6-9,16-17,25H,10-12H2,1-5H3,(H,22,26)(H,23,28)(H,24,27)/t16-,17-/m0/s1. The van der Waals surface area contributed by atoms with Crippen molar-refractivity contribution in [1.82, 2.24) is 10.6 Å². The highest BCUT2D eigenvalue weighted by Crippen LogP contribution is 2.12. The van der Waals surface area contributed by atoms with Gasteiger partial charge in [-0.25, -0.2) is 4.79 Å². The second-order valence-corrected chi connectivity index (χ2v) is 7.91. The van der Waals surface area contributed by atoms with Crippen LogP contribution in [0, 0.1) is 0 Å². The van der Waals surface area contributed by atoms with Crippen molar-refractivity contribution >= 4 is 29.4 Å². The van der Waals surface area contributed by atoms with Crippen LogP contribution >= 0.6 is 0 Å². The zero-order chi connectivity index (χ0) is 23.6. The number of ether oxygens (including phenoxy) is 2. The monoisotopic (exact) mass is 437 g/mol. The van der Waals surface area contributed by atoms with E-state index in [4.69, 9.17) is 4.74 Å². The number of hydrogen-bond donors (Lipinski definition) is 4. The van der Waals surface area contributed by atoms with Crippen LogP contribution in [0.15, 0.2) is 24.3 Å². The minimum absolute atomic E-state index is 0.0123. The summed E-state index contributed by atoms with van der Waals surface area (Å²) in [6.07, 6.45) is 0.306. The average Bonchev–Trinajstić information content (AvgIpc) is 2.70. The SMILES string of the molecule is COC(=O)C(=O)Nc1ccc(C[C@@H](CO)NC(=O)[C@H](COC(C)(C)C)NC(C)=O)cc1. The first-order valence-corrected chi connectivity index (χ1v) is 9.75. The van der Waals surface area contributed by atoms with E-state index in [1.807, 2.05) is 20.8 Å². The third-order valence-corrected chi connectivity index (χ3v) is 4.01. The number of anilines is 1. The first kappa shape index (κ1) is 26.1. The number of carbonyl (C=O) groups is 4. The maximum absolute atomic E-state index is 12.6. The van der Waals surface area contributed by atoms with Crippen LogP contribution in [0.5, 0.6) is 0 Å². The van der Waals surface area contributed by atoms with Crippen LogP contribution < -0.4 is 16.0 Å². The minimum Gasteiger partial charge on any atom is -0.462 e. The largest absolute Gasteiger partial charge is 0.462 e. The summed E-state index contributed by atoms with van der Waals surface area (Å²) in [7, 11) is 1.11. The van der Waals surface area contributed by atoms with Gasteiger partial charge < -0.3 is 30.5 Å². The number of nitrogens with one attached hydrogen (secondary N) is 3. The predicted molar refractivity (Wildman–Crippen MR) is 113 cm³/mol. The second kappa shape index (κ2) is 12.0. The predicted octanol–water partition coefficient (Wildman–Crippen LogP) is 0.138. The highest BCUT2D eigenvalue weighted by Gasteiger charge is 2.25. The fourth-order valence-corrected chi connectivity index (χ4v) is 2.51. The molecule has 10 nitrogen and oxygen atoms in total. The van der Waals surface area contributed by atoms with Gasteiger partial charge in [0.2, 0.25) is 11.8 Å². The fourth-order valence-electron chi connectivity index (χ4n) is 2.51. The molecule has 0 aliphatic heterocycles. The van der Waals surface area contributed by atoms with Gasteiger partial charge in [-0.05, 0) is 44.9 Å². The first-order chi connectivity index (χ1) is 14.4. The highest BCUT2D eigenvalue weighted by molar-refractivity contribution is 6.37. The van der Waals surface area contributed by atoms with Crippen molar-refractivity contribution in [3.05, 3.63) is 29.8 Å². The molecule has 3 amide bonds. The Morgan fingerprint density at radius 2 is 1.68 bits per heavy atom. The molecular weight excluding hydrogens is 406 g/mol. The third kappa shape index (κ3) is 10.1. The number of aliphatic hydroxyl groups excluding tert-OH is 1. The van der Waals surface area contributed by atoms with Crippen molar-refractivity contribution in [2.45, 2.75) is 51.8 Å². The molecule has 4 N–H and O–H groups in total. The molecule has 172 valence electrons. The maximum Gasteiger partial charge on any atom is 0.396 e. The Hall–Kier alpha value is -2.98. The Labute approximate surface area is 181 Å². The van der Waals surface area contributed by atoms with E-state index in [9.17, 15) is 24.3 Å². The summed E-state index contributed by atoms with van der Waals surface area (Å²) in [5, 5.41) is 17.3. The number of methoxy groups -OCH3 is 1. The zero-order valence-electron chi connectivity index (χ0n) is 18.5. The number of benzene rings is 1. The van der Waals surface area contributed by atoms with E-state index in [0.29, 0.717) is 12.1 Å². The topological polar surface area (TPSA) is 143 Å². The lowest BCUT2D eigenvalue weighted by atomic mass is 10.1. The molecular formula is C21H31N3O7. The smallest absolute Gasteiger partial charge is 0.396 e. The lowest BCUT2D eigenvalue weighted by Gasteiger charge is -2.26. The lowest BCUT2D eigenvalue weighted by molar-refractivity contribution is -0.150. The normalized spacial score (nSPS) is 13.0. The molecule has 0 saturated carbocycles. The quantitative estimate of drug-likeness (QED) is 0.318. The zero-order valence-corrected chi connectivity index (χ0v) is 18.5. The number of rotatable bonds is 9. The average molecular weight is 437 g/mol. The van der Waals surface area contributed by atoms with Gasteiger partial charge in [-0.3, -0.25) is 14.4 Å². The van der Waals surface area contributed by atoms with Gasteiger partial charge in [0.25, 0.3) is 0 Å². The van der Waals surface area contributed by atoms with Crippen LogP contribution in [-0.2, 0) is 35.1 Å². The molecule has 2 atom stereocenters. The van der Waals surface area contributed by atoms with Gasteiger partial charge in [0.15, 0.2) is 0 Å². The number of esters is 1. The van der Waals surface area contributed by atoms with Crippen LogP contribution in [0.2, 0.25) is 0 Å². The van der Waals surface area contributed by atoms with Crippen LogP contribution in [0.25, 0.3) is 0 Å². The van der Waals surface area contributed by atoms with Crippen LogP contribution in [-0.4, -0.2) is 66.8 Å². The van der Waals surface area contributed by atoms with Crippen molar-refractivity contribution in [1.29, 1.82) is 0 Å². The number of amides is 3. The van der Waals surface area contributed by atoms with Crippen LogP contribution in [0.1, 0.15) is 33.3 Å². The van der Waals surface area contributed by atoms with Crippen molar-refractivity contribution in [3.8, 4) is 0 Å². The molecule has 1 aromatic rings. The summed E-state index contributed by atoms with van der Waals surface area (Å²) in [4.78, 5) is 46.7. The minimum atomic E-state index is -1.00. The highest BCUT2D eigenvalue weighted by atomic mass is 16.5. The van der Waals surface area contributed by atoms with E-state index >= 15 is 0 Å². The van der Waals surface area contributed by atoms with Crippen LogP contribution in [0.3, 0.4) is 0 Å². The second-order valence-electron chi connectivity index (χ2n) is 7.91. The van der Waals surface area contributed by atoms with E-state index in [-0.39, 0.29) is 19.1 Å². The van der Waals surface area contributed by atoms with E-state index in [2.05, 4.69) is 20.7 Å². The summed E-state index contributed by atoms with van der Waals surface area (Å²) < 4.78 is 9.95. The van der Waals surface area contributed by atoms with E-state index < -0.39 is 35.5 Å². The lowest BCUT2D eigenvalue weighted by Crippen LogP contribution is -2.53. The van der Waals surface area contributed by atoms with E-state index in [1.54, 1.807) is 24.3 Å². The van der Waals surface area contributed by atoms with E-state index in [1.165, 1.54) is 6.92 Å². The summed E-state index contributed by atoms with van der Waals surface area (Å²) >= 11 is 0. The molecule has 0 aromatic heterocycles. The van der Waals surface area contributed by atoms with Crippen molar-refractivity contribution in [2.24, 2.45) is 0 Å². The maximum atomic E-state index is 12.6. The number of carbonyl (C=O) groups excluding carboxylic acids is 4. The van der Waals surface area contributed by atoms with Gasteiger partial charge in [-0.15, -0.1) is 0 Å². The molecule has 0 unspecified atom stereocenters. The van der Waals surface area contributed by atoms with E-state index in [0.717, 1.165) is 12.7 Å². The van der Waals surface area contributed by atoms with Gasteiger partial charge in [-0.2, -0.15) is 0 Å². The Bertz CT molecular complexity index is 772. The van der Waals surface area contributed by atoms with Gasteiger partial charge in [0, 0.05) is 12.6 Å². The van der Waals surface area contributed by atoms with Gasteiger partial charge >= 0.3 is 11.9 Å². The van der Waals surface area contributed by atoms with Gasteiger partial charge in [-0.1, -0.05) is 12.1 Å². The van der Waals surface area contributed by atoms with Gasteiger partial charge in [0.05, 0.1) is 32.0 Å². The molecule has 0 heterocycles. The Kier molecular flexibility index (Phi) is 10.1.